The highest BCUT2D eigenvalue weighted by Gasteiger charge is 2.24. The van der Waals surface area contributed by atoms with Gasteiger partial charge in [-0.15, -0.1) is 0 Å². The molecule has 0 heterocycles. The van der Waals surface area contributed by atoms with Crippen LogP contribution in [0.25, 0.3) is 0 Å². The van der Waals surface area contributed by atoms with Gasteiger partial charge in [0.05, 0.1) is 0 Å². The first kappa shape index (κ1) is 9.51. The highest BCUT2D eigenvalue weighted by atomic mass is 16.5. The number of hydrogen-bond acceptors (Lipinski definition) is 1. The Balaban J connectivity index is 1.60. The monoisotopic (exact) mass is 182 g/mol. The molecule has 2 aliphatic rings. The second kappa shape index (κ2) is 4.45. The second-order valence-electron chi connectivity index (χ2n) is 5.00. The Morgan fingerprint density at radius 3 is 2.46 bits per heavy atom. The summed E-state index contributed by atoms with van der Waals surface area (Å²) >= 11 is 0. The number of ether oxygens (including phenoxy) is 1. The smallest absolute Gasteiger partial charge is 0.0496 e. The molecule has 2 rings (SSSR count). The van der Waals surface area contributed by atoms with Crippen LogP contribution in [0.1, 0.15) is 45.4 Å². The average molecular weight is 182 g/mol. The molecule has 2 saturated carbocycles. The topological polar surface area (TPSA) is 9.23 Å². The largest absolute Gasteiger partial charge is 0.381 e. The molecule has 2 aliphatic carbocycles. The van der Waals surface area contributed by atoms with E-state index in [-0.39, 0.29) is 0 Å². The highest BCUT2D eigenvalue weighted by Crippen LogP contribution is 2.32. The Morgan fingerprint density at radius 1 is 1.00 bits per heavy atom. The summed E-state index contributed by atoms with van der Waals surface area (Å²) in [5.41, 5.74) is 0. The Morgan fingerprint density at radius 2 is 1.77 bits per heavy atom. The van der Waals surface area contributed by atoms with Gasteiger partial charge in [-0.05, 0) is 37.0 Å². The van der Waals surface area contributed by atoms with Crippen molar-refractivity contribution in [3.63, 3.8) is 0 Å². The van der Waals surface area contributed by atoms with Gasteiger partial charge in [0.15, 0.2) is 0 Å². The van der Waals surface area contributed by atoms with Gasteiger partial charge in [0, 0.05) is 13.2 Å². The molecule has 1 heteroatoms. The summed E-state index contributed by atoms with van der Waals surface area (Å²) in [5, 5.41) is 0. The van der Waals surface area contributed by atoms with E-state index in [1.54, 1.807) is 0 Å². The summed E-state index contributed by atoms with van der Waals surface area (Å²) in [6, 6.07) is 0. The summed E-state index contributed by atoms with van der Waals surface area (Å²) < 4.78 is 5.77. The number of hydrogen-bond donors (Lipinski definition) is 0. The molecule has 2 fully saturated rings. The van der Waals surface area contributed by atoms with Crippen molar-refractivity contribution in [2.24, 2.45) is 17.8 Å². The summed E-state index contributed by atoms with van der Waals surface area (Å²) in [5.74, 6) is 2.71. The summed E-state index contributed by atoms with van der Waals surface area (Å²) in [6.45, 7) is 4.48. The quantitative estimate of drug-likeness (QED) is 0.648. The summed E-state index contributed by atoms with van der Waals surface area (Å²) in [7, 11) is 0. The minimum absolute atomic E-state index is 0.868. The normalized spacial score (nSPS) is 34.8. The fourth-order valence-corrected chi connectivity index (χ4v) is 2.31. The molecule has 0 aromatic heterocycles. The van der Waals surface area contributed by atoms with E-state index in [2.05, 4.69) is 6.92 Å². The molecule has 0 spiro atoms. The van der Waals surface area contributed by atoms with Crippen LogP contribution < -0.4 is 0 Å². The molecule has 0 aromatic rings. The van der Waals surface area contributed by atoms with Crippen molar-refractivity contribution >= 4 is 0 Å². The molecule has 1 nitrogen and oxygen atoms in total. The van der Waals surface area contributed by atoms with Gasteiger partial charge in [0.2, 0.25) is 0 Å². The van der Waals surface area contributed by atoms with E-state index < -0.39 is 0 Å². The molecule has 0 amide bonds. The van der Waals surface area contributed by atoms with Crippen LogP contribution in [0.4, 0.5) is 0 Å². The van der Waals surface area contributed by atoms with E-state index in [1.807, 2.05) is 0 Å². The van der Waals surface area contributed by atoms with Crippen molar-refractivity contribution in [2.45, 2.75) is 45.4 Å². The predicted octanol–water partition coefficient (Wildman–Crippen LogP) is 3.24. The van der Waals surface area contributed by atoms with Gasteiger partial charge in [-0.1, -0.05) is 26.2 Å². The third-order valence-electron chi connectivity index (χ3n) is 3.67. The molecule has 0 radical (unpaired) electrons. The first-order chi connectivity index (χ1) is 6.36. The molecule has 2 atom stereocenters. The minimum Gasteiger partial charge on any atom is -0.381 e. The van der Waals surface area contributed by atoms with Gasteiger partial charge < -0.3 is 4.74 Å². The van der Waals surface area contributed by atoms with Crippen molar-refractivity contribution in [1.29, 1.82) is 0 Å². The fourth-order valence-electron chi connectivity index (χ4n) is 2.31. The van der Waals surface area contributed by atoms with Crippen LogP contribution in [0.2, 0.25) is 0 Å². The SMILES string of the molecule is CC1CCCCC1COCC1CC1. The first-order valence-electron chi connectivity index (χ1n) is 5.94. The molecule has 0 bridgehead atoms. The molecule has 0 aromatic carbocycles. The molecule has 13 heavy (non-hydrogen) atoms. The lowest BCUT2D eigenvalue weighted by molar-refractivity contribution is 0.0576. The van der Waals surface area contributed by atoms with Crippen LogP contribution >= 0.6 is 0 Å². The minimum atomic E-state index is 0.868. The van der Waals surface area contributed by atoms with Gasteiger partial charge in [-0.2, -0.15) is 0 Å². The van der Waals surface area contributed by atoms with Crippen LogP contribution in [-0.2, 0) is 4.74 Å². The lowest BCUT2D eigenvalue weighted by Gasteiger charge is -2.28. The Kier molecular flexibility index (Phi) is 3.26. The van der Waals surface area contributed by atoms with Gasteiger partial charge in [-0.3, -0.25) is 0 Å². The highest BCUT2D eigenvalue weighted by molar-refractivity contribution is 4.74. The molecule has 76 valence electrons. The van der Waals surface area contributed by atoms with Crippen LogP contribution in [-0.4, -0.2) is 13.2 Å². The van der Waals surface area contributed by atoms with E-state index in [0.29, 0.717) is 0 Å². The lowest BCUT2D eigenvalue weighted by Crippen LogP contribution is -2.22. The Labute approximate surface area is 81.9 Å². The second-order valence-corrected chi connectivity index (χ2v) is 5.00. The standard InChI is InChI=1S/C12H22O/c1-10-4-2-3-5-12(10)9-13-8-11-6-7-11/h10-12H,2-9H2,1H3. The van der Waals surface area contributed by atoms with Crippen molar-refractivity contribution < 1.29 is 4.74 Å². The fraction of sp³-hybridized carbons (Fsp3) is 1.00. The van der Waals surface area contributed by atoms with E-state index >= 15 is 0 Å². The number of rotatable bonds is 4. The molecule has 0 saturated heterocycles. The third kappa shape index (κ3) is 2.98. The predicted molar refractivity (Wildman–Crippen MR) is 54.7 cm³/mol. The molecule has 0 N–H and O–H groups in total. The van der Waals surface area contributed by atoms with E-state index in [4.69, 9.17) is 4.74 Å². The van der Waals surface area contributed by atoms with Crippen molar-refractivity contribution in [3.8, 4) is 0 Å². The van der Waals surface area contributed by atoms with Crippen LogP contribution in [0.5, 0.6) is 0 Å². The van der Waals surface area contributed by atoms with Gasteiger partial charge >= 0.3 is 0 Å². The molecule has 0 aliphatic heterocycles. The summed E-state index contributed by atoms with van der Waals surface area (Å²) in [4.78, 5) is 0. The van der Waals surface area contributed by atoms with Crippen LogP contribution in [0, 0.1) is 17.8 Å². The molecular formula is C12H22O. The zero-order chi connectivity index (χ0) is 9.10. The maximum absolute atomic E-state index is 5.77. The van der Waals surface area contributed by atoms with Gasteiger partial charge in [0.1, 0.15) is 0 Å². The maximum atomic E-state index is 5.77. The van der Waals surface area contributed by atoms with E-state index in [1.165, 1.54) is 38.5 Å². The average Bonchev–Trinajstić information content (AvgIpc) is 2.92. The Bertz CT molecular complexity index is 151. The van der Waals surface area contributed by atoms with Crippen molar-refractivity contribution in [3.05, 3.63) is 0 Å². The Hall–Kier alpha value is -0.0400. The molecular weight excluding hydrogens is 160 g/mol. The van der Waals surface area contributed by atoms with E-state index in [9.17, 15) is 0 Å². The van der Waals surface area contributed by atoms with Crippen LogP contribution in [0.3, 0.4) is 0 Å². The lowest BCUT2D eigenvalue weighted by atomic mass is 9.81. The summed E-state index contributed by atoms with van der Waals surface area (Å²) in [6.07, 6.45) is 8.55. The van der Waals surface area contributed by atoms with Crippen LogP contribution in [0.15, 0.2) is 0 Å². The van der Waals surface area contributed by atoms with Gasteiger partial charge in [-0.25, -0.2) is 0 Å². The first-order valence-corrected chi connectivity index (χ1v) is 5.94. The van der Waals surface area contributed by atoms with E-state index in [0.717, 1.165) is 31.0 Å². The third-order valence-corrected chi connectivity index (χ3v) is 3.67. The van der Waals surface area contributed by atoms with Gasteiger partial charge in [0.25, 0.3) is 0 Å². The van der Waals surface area contributed by atoms with Crippen molar-refractivity contribution in [1.82, 2.24) is 0 Å². The zero-order valence-electron chi connectivity index (χ0n) is 8.80. The molecule has 2 unspecified atom stereocenters. The zero-order valence-corrected chi connectivity index (χ0v) is 8.80. The maximum Gasteiger partial charge on any atom is 0.0496 e. The van der Waals surface area contributed by atoms with Crippen molar-refractivity contribution in [2.75, 3.05) is 13.2 Å².